The Morgan fingerprint density at radius 2 is 1.83 bits per heavy atom. The standard InChI is InChI=1S/C22H32N6O.HI/c1-23-22(26-18-19-6-3-4-11-24-19)25-12-5-13-27-14-16-28(17-15-27)20-7-9-21(29-2)10-8-20;/h3-4,6-11H,5,12-18H2,1-2H3,(H2,23,25,26);1H. The summed E-state index contributed by atoms with van der Waals surface area (Å²) in [4.78, 5) is 13.6. The van der Waals surface area contributed by atoms with E-state index in [4.69, 9.17) is 4.74 Å². The van der Waals surface area contributed by atoms with Crippen molar-refractivity contribution in [2.24, 2.45) is 4.99 Å². The van der Waals surface area contributed by atoms with E-state index in [-0.39, 0.29) is 24.0 Å². The summed E-state index contributed by atoms with van der Waals surface area (Å²) in [7, 11) is 3.50. The molecule has 3 rings (SSSR count). The van der Waals surface area contributed by atoms with Gasteiger partial charge in [0.05, 0.1) is 19.3 Å². The highest BCUT2D eigenvalue weighted by atomic mass is 127. The Hall–Kier alpha value is -2.07. The van der Waals surface area contributed by atoms with Gasteiger partial charge in [-0.3, -0.25) is 14.9 Å². The van der Waals surface area contributed by atoms with Crippen LogP contribution in [0.1, 0.15) is 12.1 Å². The topological polar surface area (TPSA) is 65.0 Å². The summed E-state index contributed by atoms with van der Waals surface area (Å²) in [5, 5.41) is 6.69. The van der Waals surface area contributed by atoms with Crippen molar-refractivity contribution in [3.63, 3.8) is 0 Å². The second-order valence-electron chi connectivity index (χ2n) is 7.05. The number of hydrogen-bond acceptors (Lipinski definition) is 5. The third kappa shape index (κ3) is 7.64. The van der Waals surface area contributed by atoms with Crippen molar-refractivity contribution in [1.29, 1.82) is 0 Å². The molecule has 8 heteroatoms. The molecule has 0 spiro atoms. The molecule has 1 fully saturated rings. The lowest BCUT2D eigenvalue weighted by atomic mass is 10.2. The fourth-order valence-corrected chi connectivity index (χ4v) is 3.43. The number of pyridine rings is 1. The molecular formula is C22H33IN6O. The number of nitrogens with zero attached hydrogens (tertiary/aromatic N) is 4. The second-order valence-corrected chi connectivity index (χ2v) is 7.05. The van der Waals surface area contributed by atoms with E-state index in [1.54, 1.807) is 14.2 Å². The molecule has 0 bridgehead atoms. The number of benzene rings is 1. The normalized spacial score (nSPS) is 14.7. The molecule has 1 aromatic carbocycles. The van der Waals surface area contributed by atoms with Crippen molar-refractivity contribution >= 4 is 35.6 Å². The van der Waals surface area contributed by atoms with Crippen LogP contribution in [0.2, 0.25) is 0 Å². The van der Waals surface area contributed by atoms with Crippen molar-refractivity contribution in [2.45, 2.75) is 13.0 Å². The Balaban J connectivity index is 0.00000320. The van der Waals surface area contributed by atoms with Crippen LogP contribution in [0.3, 0.4) is 0 Å². The molecule has 0 unspecified atom stereocenters. The quantitative estimate of drug-likeness (QED) is 0.240. The number of aliphatic imine (C=N–C) groups is 1. The van der Waals surface area contributed by atoms with Gasteiger partial charge in [-0.1, -0.05) is 6.07 Å². The summed E-state index contributed by atoms with van der Waals surface area (Å²) >= 11 is 0. The molecular weight excluding hydrogens is 491 g/mol. The SMILES string of the molecule is CN=C(NCCCN1CCN(c2ccc(OC)cc2)CC1)NCc1ccccn1.I. The molecule has 0 amide bonds. The van der Waals surface area contributed by atoms with Gasteiger partial charge in [-0.25, -0.2) is 0 Å². The van der Waals surface area contributed by atoms with Gasteiger partial charge in [0.15, 0.2) is 5.96 Å². The highest BCUT2D eigenvalue weighted by Crippen LogP contribution is 2.20. The summed E-state index contributed by atoms with van der Waals surface area (Å²) in [6.07, 6.45) is 2.90. The largest absolute Gasteiger partial charge is 0.497 e. The zero-order valence-electron chi connectivity index (χ0n) is 17.9. The van der Waals surface area contributed by atoms with Crippen molar-refractivity contribution in [3.8, 4) is 5.75 Å². The molecule has 1 aliphatic heterocycles. The third-order valence-corrected chi connectivity index (χ3v) is 5.14. The average Bonchev–Trinajstić information content (AvgIpc) is 2.80. The van der Waals surface area contributed by atoms with Crippen molar-refractivity contribution in [1.82, 2.24) is 20.5 Å². The summed E-state index contributed by atoms with van der Waals surface area (Å²) in [6, 6.07) is 14.3. The number of nitrogens with one attached hydrogen (secondary N) is 2. The molecule has 7 nitrogen and oxygen atoms in total. The maximum absolute atomic E-state index is 5.24. The van der Waals surface area contributed by atoms with E-state index in [9.17, 15) is 0 Å². The van der Waals surface area contributed by atoms with Crippen LogP contribution in [0.25, 0.3) is 0 Å². The summed E-state index contributed by atoms with van der Waals surface area (Å²) in [5.41, 5.74) is 2.28. The molecule has 0 atom stereocenters. The van der Waals surface area contributed by atoms with Crippen LogP contribution in [-0.4, -0.2) is 69.3 Å². The minimum absolute atomic E-state index is 0. The molecule has 2 aromatic rings. The number of piperazine rings is 1. The molecule has 2 N–H and O–H groups in total. The minimum atomic E-state index is 0. The number of aromatic nitrogens is 1. The van der Waals surface area contributed by atoms with Crippen LogP contribution in [0.4, 0.5) is 5.69 Å². The van der Waals surface area contributed by atoms with E-state index >= 15 is 0 Å². The van der Waals surface area contributed by atoms with E-state index in [2.05, 4.69) is 42.5 Å². The van der Waals surface area contributed by atoms with E-state index in [1.807, 2.05) is 36.5 Å². The van der Waals surface area contributed by atoms with Gasteiger partial charge >= 0.3 is 0 Å². The number of guanidine groups is 1. The van der Waals surface area contributed by atoms with Crippen LogP contribution in [0.15, 0.2) is 53.7 Å². The highest BCUT2D eigenvalue weighted by Gasteiger charge is 2.16. The minimum Gasteiger partial charge on any atom is -0.497 e. The third-order valence-electron chi connectivity index (χ3n) is 5.14. The first-order valence-electron chi connectivity index (χ1n) is 10.2. The van der Waals surface area contributed by atoms with Gasteiger partial charge in [0.25, 0.3) is 0 Å². The number of anilines is 1. The van der Waals surface area contributed by atoms with Crippen LogP contribution in [-0.2, 0) is 6.54 Å². The van der Waals surface area contributed by atoms with Crippen LogP contribution < -0.4 is 20.3 Å². The molecule has 0 aliphatic carbocycles. The fourth-order valence-electron chi connectivity index (χ4n) is 3.43. The van der Waals surface area contributed by atoms with E-state index in [1.165, 1.54) is 5.69 Å². The summed E-state index contributed by atoms with van der Waals surface area (Å²) in [6.45, 7) is 6.99. The first-order chi connectivity index (χ1) is 14.3. The number of rotatable bonds is 8. The first-order valence-corrected chi connectivity index (χ1v) is 10.2. The zero-order chi connectivity index (χ0) is 20.3. The molecule has 1 aromatic heterocycles. The van der Waals surface area contributed by atoms with Gasteiger partial charge in [-0.15, -0.1) is 24.0 Å². The molecule has 30 heavy (non-hydrogen) atoms. The van der Waals surface area contributed by atoms with E-state index < -0.39 is 0 Å². The lowest BCUT2D eigenvalue weighted by molar-refractivity contribution is 0.255. The van der Waals surface area contributed by atoms with Gasteiger partial charge < -0.3 is 20.3 Å². The van der Waals surface area contributed by atoms with Crippen LogP contribution >= 0.6 is 24.0 Å². The Morgan fingerprint density at radius 3 is 2.47 bits per heavy atom. The van der Waals surface area contributed by atoms with Gasteiger partial charge in [0, 0.05) is 51.7 Å². The number of methoxy groups -OCH3 is 1. The predicted molar refractivity (Wildman–Crippen MR) is 134 cm³/mol. The maximum Gasteiger partial charge on any atom is 0.191 e. The monoisotopic (exact) mass is 524 g/mol. The number of ether oxygens (including phenoxy) is 1. The Bertz CT molecular complexity index is 748. The van der Waals surface area contributed by atoms with Gasteiger partial charge in [-0.05, 0) is 49.4 Å². The molecule has 1 aliphatic rings. The van der Waals surface area contributed by atoms with Gasteiger partial charge in [-0.2, -0.15) is 0 Å². The Morgan fingerprint density at radius 1 is 1.07 bits per heavy atom. The van der Waals surface area contributed by atoms with Crippen molar-refractivity contribution in [3.05, 3.63) is 54.4 Å². The zero-order valence-corrected chi connectivity index (χ0v) is 20.2. The second kappa shape index (κ2) is 13.3. The van der Waals surface area contributed by atoms with Gasteiger partial charge in [0.1, 0.15) is 5.75 Å². The van der Waals surface area contributed by atoms with E-state index in [0.717, 1.165) is 63.1 Å². The van der Waals surface area contributed by atoms with Crippen LogP contribution in [0, 0.1) is 0 Å². The van der Waals surface area contributed by atoms with Crippen molar-refractivity contribution < 1.29 is 4.74 Å². The Kier molecular flexibility index (Phi) is 10.7. The lowest BCUT2D eigenvalue weighted by Crippen LogP contribution is -2.47. The fraction of sp³-hybridized carbons (Fsp3) is 0.455. The molecule has 0 saturated carbocycles. The van der Waals surface area contributed by atoms with E-state index in [0.29, 0.717) is 6.54 Å². The summed E-state index contributed by atoms with van der Waals surface area (Å²) in [5.74, 6) is 1.73. The van der Waals surface area contributed by atoms with Gasteiger partial charge in [0.2, 0.25) is 0 Å². The average molecular weight is 524 g/mol. The van der Waals surface area contributed by atoms with Crippen LogP contribution in [0.5, 0.6) is 5.75 Å². The molecule has 2 heterocycles. The number of hydrogen-bond donors (Lipinski definition) is 2. The molecule has 0 radical (unpaired) electrons. The highest BCUT2D eigenvalue weighted by molar-refractivity contribution is 14.0. The first kappa shape index (κ1) is 24.2. The molecule has 164 valence electrons. The lowest BCUT2D eigenvalue weighted by Gasteiger charge is -2.36. The maximum atomic E-state index is 5.24. The smallest absolute Gasteiger partial charge is 0.191 e. The summed E-state index contributed by atoms with van der Waals surface area (Å²) < 4.78 is 5.24. The van der Waals surface area contributed by atoms with Crippen molar-refractivity contribution in [2.75, 3.05) is 58.3 Å². The number of halogens is 1. The predicted octanol–water partition coefficient (Wildman–Crippen LogP) is 2.59. The molecule has 1 saturated heterocycles. The Labute approximate surface area is 196 Å².